The molecule has 0 bridgehead atoms. The number of hydrogen-bond acceptors (Lipinski definition) is 4. The van der Waals surface area contributed by atoms with Crippen molar-refractivity contribution in [1.82, 2.24) is 0 Å². The SMILES string of the molecule is CC/C=C\C/C=C\C/C=C\C/C=C\CCCCCCCCCCCCCCC(=O)OC(CO)COCCCCCCC/C=C\C/C=C\C/C=C\C/C=C\CC. The Morgan fingerprint density at radius 2 is 0.764 bits per heavy atom. The molecule has 4 heteroatoms. The molecule has 0 aliphatic carbocycles. The second-order valence-corrected chi connectivity index (χ2v) is 14.7. The molecule has 0 spiro atoms. The summed E-state index contributed by atoms with van der Waals surface area (Å²) in [4.78, 5) is 12.2. The molecule has 0 amide bonds. The summed E-state index contributed by atoms with van der Waals surface area (Å²) in [5.74, 6) is -0.214. The molecule has 0 aliphatic rings. The first-order chi connectivity index (χ1) is 27.2. The van der Waals surface area contributed by atoms with Crippen molar-refractivity contribution in [3.05, 3.63) is 97.2 Å². The Morgan fingerprint density at radius 3 is 1.15 bits per heavy atom. The van der Waals surface area contributed by atoms with Gasteiger partial charge in [0, 0.05) is 13.0 Å². The number of rotatable bonds is 41. The maximum absolute atomic E-state index is 12.2. The van der Waals surface area contributed by atoms with Gasteiger partial charge in [0.25, 0.3) is 0 Å². The zero-order valence-electron chi connectivity index (χ0n) is 35.9. The predicted octanol–water partition coefficient (Wildman–Crippen LogP) is 15.3. The number of allylic oxidation sites excluding steroid dienone is 16. The molecule has 0 rings (SSSR count). The number of esters is 1. The van der Waals surface area contributed by atoms with Crippen molar-refractivity contribution in [3.63, 3.8) is 0 Å². The fourth-order valence-electron chi connectivity index (χ4n) is 6.07. The van der Waals surface area contributed by atoms with Crippen molar-refractivity contribution in [1.29, 1.82) is 0 Å². The van der Waals surface area contributed by atoms with Crippen molar-refractivity contribution in [2.75, 3.05) is 19.8 Å². The van der Waals surface area contributed by atoms with E-state index in [4.69, 9.17) is 9.47 Å². The summed E-state index contributed by atoms with van der Waals surface area (Å²) in [5.41, 5.74) is 0. The van der Waals surface area contributed by atoms with Crippen LogP contribution in [0.2, 0.25) is 0 Å². The highest BCUT2D eigenvalue weighted by atomic mass is 16.6. The number of unbranched alkanes of at least 4 members (excludes halogenated alkanes) is 17. The molecule has 1 N–H and O–H groups in total. The highest BCUT2D eigenvalue weighted by Gasteiger charge is 2.13. The van der Waals surface area contributed by atoms with Crippen LogP contribution in [0.25, 0.3) is 0 Å². The smallest absolute Gasteiger partial charge is 0.306 e. The highest BCUT2D eigenvalue weighted by Crippen LogP contribution is 2.14. The minimum Gasteiger partial charge on any atom is -0.457 e. The Kier molecular flexibility index (Phi) is 45.1. The van der Waals surface area contributed by atoms with Crippen LogP contribution in [0.1, 0.15) is 194 Å². The lowest BCUT2D eigenvalue weighted by atomic mass is 10.0. The molecular weight excluding hydrogens is 677 g/mol. The Morgan fingerprint density at radius 1 is 0.436 bits per heavy atom. The van der Waals surface area contributed by atoms with Crippen molar-refractivity contribution in [2.24, 2.45) is 0 Å². The molecule has 314 valence electrons. The van der Waals surface area contributed by atoms with Crippen LogP contribution in [0.15, 0.2) is 97.2 Å². The van der Waals surface area contributed by atoms with E-state index in [0.29, 0.717) is 13.0 Å². The number of aliphatic hydroxyl groups excluding tert-OH is 1. The zero-order valence-corrected chi connectivity index (χ0v) is 35.9. The number of carbonyl (C=O) groups excluding carboxylic acids is 1. The first kappa shape index (κ1) is 52.3. The van der Waals surface area contributed by atoms with E-state index in [1.165, 1.54) is 89.9 Å². The van der Waals surface area contributed by atoms with Crippen LogP contribution >= 0.6 is 0 Å². The highest BCUT2D eigenvalue weighted by molar-refractivity contribution is 5.69. The van der Waals surface area contributed by atoms with Gasteiger partial charge in [-0.3, -0.25) is 4.79 Å². The quantitative estimate of drug-likeness (QED) is 0.0383. The molecule has 1 atom stereocenters. The Bertz CT molecular complexity index is 1030. The second-order valence-electron chi connectivity index (χ2n) is 14.7. The van der Waals surface area contributed by atoms with E-state index >= 15 is 0 Å². The summed E-state index contributed by atoms with van der Waals surface area (Å²) >= 11 is 0. The Labute approximate surface area is 341 Å². The van der Waals surface area contributed by atoms with Gasteiger partial charge in [-0.1, -0.05) is 195 Å². The monoisotopic (exact) mass is 763 g/mol. The van der Waals surface area contributed by atoms with Gasteiger partial charge >= 0.3 is 5.97 Å². The number of hydrogen-bond donors (Lipinski definition) is 1. The van der Waals surface area contributed by atoms with Gasteiger partial charge < -0.3 is 14.6 Å². The van der Waals surface area contributed by atoms with Crippen molar-refractivity contribution >= 4 is 5.97 Å². The summed E-state index contributed by atoms with van der Waals surface area (Å²) < 4.78 is 11.2. The third kappa shape index (κ3) is 45.6. The van der Waals surface area contributed by atoms with Gasteiger partial charge in [-0.05, 0) is 89.9 Å². The fourth-order valence-corrected chi connectivity index (χ4v) is 6.07. The summed E-state index contributed by atoms with van der Waals surface area (Å²) in [6, 6.07) is 0. The van der Waals surface area contributed by atoms with E-state index in [2.05, 4.69) is 111 Å². The maximum atomic E-state index is 12.2. The van der Waals surface area contributed by atoms with Gasteiger partial charge in [0.15, 0.2) is 0 Å². The van der Waals surface area contributed by atoms with E-state index in [9.17, 15) is 9.90 Å². The lowest BCUT2D eigenvalue weighted by molar-refractivity contribution is -0.154. The lowest BCUT2D eigenvalue weighted by Gasteiger charge is -2.15. The minimum atomic E-state index is -0.552. The van der Waals surface area contributed by atoms with Crippen LogP contribution in [0.5, 0.6) is 0 Å². The number of ether oxygens (including phenoxy) is 2. The molecule has 0 heterocycles. The average molecular weight is 763 g/mol. The van der Waals surface area contributed by atoms with Crippen LogP contribution in [-0.2, 0) is 14.3 Å². The van der Waals surface area contributed by atoms with E-state index < -0.39 is 6.10 Å². The average Bonchev–Trinajstić information content (AvgIpc) is 3.19. The van der Waals surface area contributed by atoms with E-state index in [-0.39, 0.29) is 19.2 Å². The van der Waals surface area contributed by atoms with Crippen molar-refractivity contribution < 1.29 is 19.4 Å². The van der Waals surface area contributed by atoms with Gasteiger partial charge in [0.2, 0.25) is 0 Å². The third-order valence-corrected chi connectivity index (χ3v) is 9.40. The number of aliphatic hydroxyl groups is 1. The van der Waals surface area contributed by atoms with Crippen LogP contribution < -0.4 is 0 Å². The topological polar surface area (TPSA) is 55.8 Å². The number of carbonyl (C=O) groups is 1. The van der Waals surface area contributed by atoms with Crippen LogP contribution in [-0.4, -0.2) is 37.0 Å². The Balaban J connectivity index is 3.48. The molecule has 0 aromatic heterocycles. The molecule has 1 unspecified atom stereocenters. The minimum absolute atomic E-state index is 0.185. The molecule has 0 aromatic rings. The van der Waals surface area contributed by atoms with Crippen LogP contribution in [0.4, 0.5) is 0 Å². The van der Waals surface area contributed by atoms with Crippen LogP contribution in [0.3, 0.4) is 0 Å². The lowest BCUT2D eigenvalue weighted by Crippen LogP contribution is -2.27. The Hall–Kier alpha value is -2.69. The van der Waals surface area contributed by atoms with Gasteiger partial charge in [-0.15, -0.1) is 0 Å². The van der Waals surface area contributed by atoms with Gasteiger partial charge in [-0.2, -0.15) is 0 Å². The summed E-state index contributed by atoms with van der Waals surface area (Å²) in [6.45, 7) is 5.07. The first-order valence-corrected chi connectivity index (χ1v) is 22.8. The molecule has 0 saturated heterocycles. The molecule has 0 aliphatic heterocycles. The van der Waals surface area contributed by atoms with E-state index in [0.717, 1.165) is 83.5 Å². The van der Waals surface area contributed by atoms with Crippen molar-refractivity contribution in [3.8, 4) is 0 Å². The maximum Gasteiger partial charge on any atom is 0.306 e. The molecular formula is C51H86O4. The molecule has 0 saturated carbocycles. The largest absolute Gasteiger partial charge is 0.457 e. The second kappa shape index (κ2) is 47.5. The van der Waals surface area contributed by atoms with Gasteiger partial charge in [0.1, 0.15) is 6.10 Å². The van der Waals surface area contributed by atoms with E-state index in [1.807, 2.05) is 0 Å². The standard InChI is InChI=1S/C51H86O4/c1-3-5-7-9-11-13-15-17-19-21-23-24-25-26-27-28-29-30-32-34-36-38-40-42-44-46-51(53)55-50(48-52)49-54-47-45-43-41-39-37-35-33-31-22-20-18-16-14-12-10-8-6-4-2/h5-8,11-14,17-20,23-24,31,33,50,52H,3-4,9-10,15-16,21-22,25-30,32,34-49H2,1-2H3/b7-5-,8-6-,13-11-,14-12-,19-17-,20-18-,24-23-,33-31-. The predicted molar refractivity (Wildman–Crippen MR) is 242 cm³/mol. The van der Waals surface area contributed by atoms with Crippen LogP contribution in [0, 0.1) is 0 Å². The van der Waals surface area contributed by atoms with Crippen molar-refractivity contribution in [2.45, 2.75) is 200 Å². The summed E-state index contributed by atoms with van der Waals surface area (Å²) in [6.07, 6.45) is 67.6. The normalized spacial score (nSPS) is 13.3. The third-order valence-electron chi connectivity index (χ3n) is 9.40. The zero-order chi connectivity index (χ0) is 39.8. The molecule has 0 fully saturated rings. The fraction of sp³-hybridized carbons (Fsp3) is 0.667. The molecule has 4 nitrogen and oxygen atoms in total. The summed E-state index contributed by atoms with van der Waals surface area (Å²) in [5, 5.41) is 9.62. The van der Waals surface area contributed by atoms with Gasteiger partial charge in [0.05, 0.1) is 13.2 Å². The summed E-state index contributed by atoms with van der Waals surface area (Å²) in [7, 11) is 0. The molecule has 0 radical (unpaired) electrons. The van der Waals surface area contributed by atoms with E-state index in [1.54, 1.807) is 0 Å². The van der Waals surface area contributed by atoms with Gasteiger partial charge in [-0.25, -0.2) is 0 Å². The molecule has 55 heavy (non-hydrogen) atoms. The molecule has 0 aromatic carbocycles. The first-order valence-electron chi connectivity index (χ1n) is 22.8.